The average Bonchev–Trinajstić information content (AvgIpc) is 3.23. The summed E-state index contributed by atoms with van der Waals surface area (Å²) >= 11 is 0. The molecule has 0 aromatic carbocycles. The molecule has 0 amide bonds. The molecule has 0 saturated heterocycles. The first-order chi connectivity index (χ1) is 14.7. The fourth-order valence-corrected chi connectivity index (χ4v) is 3.72. The molecule has 1 unspecified atom stereocenters. The van der Waals surface area contributed by atoms with Crippen LogP contribution in [-0.4, -0.2) is 37.3 Å². The van der Waals surface area contributed by atoms with E-state index in [1.54, 1.807) is 12.4 Å². The van der Waals surface area contributed by atoms with Crippen LogP contribution in [0.1, 0.15) is 18.2 Å². The highest BCUT2D eigenvalue weighted by molar-refractivity contribution is 5.89. The van der Waals surface area contributed by atoms with E-state index in [2.05, 4.69) is 37.7 Å². The molecule has 7 nitrogen and oxygen atoms in total. The van der Waals surface area contributed by atoms with E-state index in [4.69, 9.17) is 9.98 Å². The number of aromatic nitrogens is 5. The highest BCUT2D eigenvalue weighted by atomic mass is 15.0. The van der Waals surface area contributed by atoms with Crippen LogP contribution in [0.3, 0.4) is 0 Å². The third-order valence-electron chi connectivity index (χ3n) is 5.37. The van der Waals surface area contributed by atoms with Gasteiger partial charge < -0.3 is 0 Å². The lowest BCUT2D eigenvalue weighted by Crippen LogP contribution is -2.11. The van der Waals surface area contributed by atoms with Crippen molar-refractivity contribution in [2.75, 3.05) is 0 Å². The SMILES string of the molecule is C=Nc1ccc(-c2ncc3cccnc3n2)nc1N=C(C)C1Cc2cccnc2C1. The molecule has 0 aliphatic heterocycles. The summed E-state index contributed by atoms with van der Waals surface area (Å²) in [6, 6.07) is 11.6. The molecule has 0 bridgehead atoms. The lowest BCUT2D eigenvalue weighted by Gasteiger charge is -2.10. The van der Waals surface area contributed by atoms with Crippen molar-refractivity contribution in [2.45, 2.75) is 19.8 Å². The van der Waals surface area contributed by atoms with Gasteiger partial charge in [-0.25, -0.2) is 24.9 Å². The molecule has 1 aliphatic carbocycles. The summed E-state index contributed by atoms with van der Waals surface area (Å²) in [5.41, 5.74) is 5.33. The van der Waals surface area contributed by atoms with Crippen molar-refractivity contribution in [3.8, 4) is 11.5 Å². The van der Waals surface area contributed by atoms with Gasteiger partial charge in [-0.1, -0.05) is 6.07 Å². The van der Waals surface area contributed by atoms with E-state index < -0.39 is 0 Å². The maximum atomic E-state index is 4.82. The van der Waals surface area contributed by atoms with Gasteiger partial charge in [0.15, 0.2) is 17.3 Å². The van der Waals surface area contributed by atoms with E-state index in [-0.39, 0.29) is 0 Å². The van der Waals surface area contributed by atoms with Crippen LogP contribution in [0.4, 0.5) is 11.5 Å². The normalized spacial score (nSPS) is 15.9. The first kappa shape index (κ1) is 18.2. The molecule has 4 heterocycles. The van der Waals surface area contributed by atoms with Crippen LogP contribution in [0.15, 0.2) is 65.0 Å². The van der Waals surface area contributed by atoms with E-state index in [9.17, 15) is 0 Å². The molecule has 0 spiro atoms. The lowest BCUT2D eigenvalue weighted by molar-refractivity contribution is 0.738. The number of hydrogen-bond donors (Lipinski definition) is 0. The standard InChI is InChI=1S/C23H19N7/c1-14(17-11-15-5-3-9-25-20(15)12-17)28-23-18(24-2)7-8-19(29-23)22-27-13-16-6-4-10-26-21(16)30-22/h3-10,13,17H,2,11-12H2,1H3. The highest BCUT2D eigenvalue weighted by Gasteiger charge is 2.24. The van der Waals surface area contributed by atoms with E-state index in [0.717, 1.165) is 29.6 Å². The van der Waals surface area contributed by atoms with Gasteiger partial charge in [0.05, 0.1) is 0 Å². The van der Waals surface area contributed by atoms with Gasteiger partial charge in [-0.15, -0.1) is 0 Å². The Balaban J connectivity index is 1.50. The molecule has 4 aromatic heterocycles. The van der Waals surface area contributed by atoms with Crippen molar-refractivity contribution in [1.29, 1.82) is 0 Å². The smallest absolute Gasteiger partial charge is 0.180 e. The minimum absolute atomic E-state index is 0.305. The van der Waals surface area contributed by atoms with Gasteiger partial charge in [0.2, 0.25) is 0 Å². The second-order valence-electron chi connectivity index (χ2n) is 7.27. The number of fused-ring (bicyclic) bond motifs is 2. The van der Waals surface area contributed by atoms with Crippen LogP contribution in [0, 0.1) is 5.92 Å². The molecule has 5 rings (SSSR count). The second-order valence-corrected chi connectivity index (χ2v) is 7.27. The van der Waals surface area contributed by atoms with Gasteiger partial charge in [0.1, 0.15) is 11.4 Å². The predicted molar refractivity (Wildman–Crippen MR) is 118 cm³/mol. The summed E-state index contributed by atoms with van der Waals surface area (Å²) in [6.45, 7) is 5.70. The maximum absolute atomic E-state index is 4.82. The Kier molecular flexibility index (Phi) is 4.55. The predicted octanol–water partition coefficient (Wildman–Crippen LogP) is 4.32. The van der Waals surface area contributed by atoms with E-state index in [0.29, 0.717) is 34.6 Å². The molecular formula is C23H19N7. The minimum Gasteiger partial charge on any atom is -0.261 e. The fraction of sp³-hybridized carbons (Fsp3) is 0.174. The quantitative estimate of drug-likeness (QED) is 0.482. The summed E-state index contributed by atoms with van der Waals surface area (Å²) in [6.07, 6.45) is 7.14. The highest BCUT2D eigenvalue weighted by Crippen LogP contribution is 2.31. The molecule has 0 fully saturated rings. The van der Waals surface area contributed by atoms with E-state index >= 15 is 0 Å². The molecule has 0 radical (unpaired) electrons. The van der Waals surface area contributed by atoms with Crippen molar-refractivity contribution in [3.05, 3.63) is 66.2 Å². The van der Waals surface area contributed by atoms with Gasteiger partial charge in [-0.2, -0.15) is 0 Å². The summed E-state index contributed by atoms with van der Waals surface area (Å²) in [4.78, 5) is 31.4. The van der Waals surface area contributed by atoms with Crippen LogP contribution < -0.4 is 0 Å². The number of pyridine rings is 3. The summed E-state index contributed by atoms with van der Waals surface area (Å²) < 4.78 is 0. The molecule has 1 atom stereocenters. The average molecular weight is 393 g/mol. The Morgan fingerprint density at radius 1 is 1.00 bits per heavy atom. The Bertz CT molecular complexity index is 1270. The number of nitrogens with zero attached hydrogens (tertiary/aromatic N) is 7. The maximum Gasteiger partial charge on any atom is 0.180 e. The monoisotopic (exact) mass is 393 g/mol. The zero-order chi connectivity index (χ0) is 20.5. The zero-order valence-electron chi connectivity index (χ0n) is 16.5. The molecular weight excluding hydrogens is 374 g/mol. The van der Waals surface area contributed by atoms with Gasteiger partial charge >= 0.3 is 0 Å². The van der Waals surface area contributed by atoms with Crippen molar-refractivity contribution < 1.29 is 0 Å². The first-order valence-electron chi connectivity index (χ1n) is 9.75. The lowest BCUT2D eigenvalue weighted by atomic mass is 10.0. The Hall–Kier alpha value is -3.87. The Labute approximate surface area is 173 Å². The van der Waals surface area contributed by atoms with Crippen LogP contribution >= 0.6 is 0 Å². The van der Waals surface area contributed by atoms with Gasteiger partial charge in [0, 0.05) is 41.3 Å². The van der Waals surface area contributed by atoms with Gasteiger partial charge in [-0.05, 0) is 62.4 Å². The summed E-state index contributed by atoms with van der Waals surface area (Å²) in [5.74, 6) is 1.33. The first-order valence-corrected chi connectivity index (χ1v) is 9.75. The van der Waals surface area contributed by atoms with Gasteiger partial charge in [-0.3, -0.25) is 9.98 Å². The number of aliphatic imine (C=N–C) groups is 2. The molecule has 0 N–H and O–H groups in total. The van der Waals surface area contributed by atoms with Crippen LogP contribution in [0.2, 0.25) is 0 Å². The van der Waals surface area contributed by atoms with Gasteiger partial charge in [0.25, 0.3) is 0 Å². The molecule has 146 valence electrons. The van der Waals surface area contributed by atoms with Crippen LogP contribution in [0.25, 0.3) is 22.6 Å². The molecule has 1 aliphatic rings. The number of hydrogen-bond acceptors (Lipinski definition) is 7. The molecule has 0 saturated carbocycles. The zero-order valence-corrected chi connectivity index (χ0v) is 16.5. The fourth-order valence-electron chi connectivity index (χ4n) is 3.72. The molecule has 30 heavy (non-hydrogen) atoms. The van der Waals surface area contributed by atoms with Crippen molar-refractivity contribution >= 4 is 35.0 Å². The van der Waals surface area contributed by atoms with E-state index in [1.165, 1.54) is 5.56 Å². The second kappa shape index (κ2) is 7.51. The minimum atomic E-state index is 0.305. The molecule has 7 heteroatoms. The molecule has 4 aromatic rings. The third-order valence-corrected chi connectivity index (χ3v) is 5.37. The van der Waals surface area contributed by atoms with Crippen molar-refractivity contribution in [2.24, 2.45) is 15.9 Å². The number of rotatable bonds is 4. The Morgan fingerprint density at radius 2 is 1.87 bits per heavy atom. The Morgan fingerprint density at radius 3 is 2.73 bits per heavy atom. The largest absolute Gasteiger partial charge is 0.261 e. The van der Waals surface area contributed by atoms with E-state index in [1.807, 2.05) is 43.5 Å². The van der Waals surface area contributed by atoms with Crippen LogP contribution in [0.5, 0.6) is 0 Å². The topological polar surface area (TPSA) is 89.2 Å². The summed E-state index contributed by atoms with van der Waals surface area (Å²) in [5, 5.41) is 0.883. The van der Waals surface area contributed by atoms with Crippen molar-refractivity contribution in [3.63, 3.8) is 0 Å². The third kappa shape index (κ3) is 3.34. The summed E-state index contributed by atoms with van der Waals surface area (Å²) in [7, 11) is 0. The van der Waals surface area contributed by atoms with Crippen molar-refractivity contribution in [1.82, 2.24) is 24.9 Å². The van der Waals surface area contributed by atoms with Crippen LogP contribution in [-0.2, 0) is 12.8 Å².